The van der Waals surface area contributed by atoms with Gasteiger partial charge in [-0.25, -0.2) is 9.69 Å². The Morgan fingerprint density at radius 1 is 1.00 bits per heavy atom. The van der Waals surface area contributed by atoms with Gasteiger partial charge in [0.25, 0.3) is 5.78 Å². The monoisotopic (exact) mass is 309 g/mol. The normalized spacial score (nSPS) is 17.0. The molecule has 0 aromatic heterocycles. The Bertz CT molecular complexity index is 727. The first-order valence-electron chi connectivity index (χ1n) is 7.30. The molecule has 1 saturated heterocycles. The number of cyclic esters (lactones) is 1. The van der Waals surface area contributed by atoms with Crippen LogP contribution in [0.1, 0.15) is 15.9 Å². The minimum Gasteiger partial charge on any atom is -0.447 e. The van der Waals surface area contributed by atoms with Crippen molar-refractivity contribution in [1.29, 1.82) is 0 Å². The van der Waals surface area contributed by atoms with Crippen molar-refractivity contribution in [2.75, 3.05) is 6.61 Å². The number of nitrogens with zero attached hydrogens (tertiary/aromatic N) is 1. The van der Waals surface area contributed by atoms with Gasteiger partial charge < -0.3 is 4.74 Å². The van der Waals surface area contributed by atoms with Gasteiger partial charge in [-0.15, -0.1) is 0 Å². The van der Waals surface area contributed by atoms with Crippen molar-refractivity contribution < 1.29 is 19.1 Å². The summed E-state index contributed by atoms with van der Waals surface area (Å²) >= 11 is 0. The molecular formula is C18H15NO4. The van der Waals surface area contributed by atoms with E-state index in [1.807, 2.05) is 30.3 Å². The van der Waals surface area contributed by atoms with Crippen molar-refractivity contribution in [3.63, 3.8) is 0 Å². The molecule has 23 heavy (non-hydrogen) atoms. The third-order valence-electron chi connectivity index (χ3n) is 3.72. The first-order chi connectivity index (χ1) is 11.2. The zero-order valence-electron chi connectivity index (χ0n) is 12.3. The van der Waals surface area contributed by atoms with Crippen LogP contribution in [0.25, 0.3) is 0 Å². The van der Waals surface area contributed by atoms with Crippen LogP contribution in [-0.4, -0.2) is 35.3 Å². The van der Waals surface area contributed by atoms with Crippen molar-refractivity contribution in [3.05, 3.63) is 71.8 Å². The van der Waals surface area contributed by atoms with E-state index in [0.29, 0.717) is 6.42 Å². The second kappa shape index (κ2) is 6.44. The Hall–Kier alpha value is -2.95. The van der Waals surface area contributed by atoms with Gasteiger partial charge in [0.1, 0.15) is 6.61 Å². The lowest BCUT2D eigenvalue weighted by Crippen LogP contribution is -2.43. The minimum atomic E-state index is -0.848. The van der Waals surface area contributed by atoms with Gasteiger partial charge >= 0.3 is 12.0 Å². The number of imide groups is 1. The quantitative estimate of drug-likeness (QED) is 0.643. The number of Topliss-reactive ketones (excluding diaryl/α,β-unsaturated/α-hetero) is 1. The fraction of sp³-hybridized carbons (Fsp3) is 0.167. The fourth-order valence-electron chi connectivity index (χ4n) is 2.57. The number of hydrogen-bond acceptors (Lipinski definition) is 4. The van der Waals surface area contributed by atoms with Crippen LogP contribution < -0.4 is 0 Å². The van der Waals surface area contributed by atoms with Gasteiger partial charge in [0, 0.05) is 5.56 Å². The molecule has 0 spiro atoms. The predicted molar refractivity (Wildman–Crippen MR) is 82.9 cm³/mol. The number of hydrogen-bond donors (Lipinski definition) is 0. The van der Waals surface area contributed by atoms with E-state index in [1.165, 1.54) is 0 Å². The average Bonchev–Trinajstić information content (AvgIpc) is 2.95. The Morgan fingerprint density at radius 2 is 1.61 bits per heavy atom. The smallest absolute Gasteiger partial charge is 0.417 e. The van der Waals surface area contributed by atoms with E-state index in [-0.39, 0.29) is 12.2 Å². The molecule has 0 aliphatic carbocycles. The molecule has 0 N–H and O–H groups in total. The summed E-state index contributed by atoms with van der Waals surface area (Å²) in [5.41, 5.74) is 1.23. The van der Waals surface area contributed by atoms with Crippen LogP contribution in [0.3, 0.4) is 0 Å². The van der Waals surface area contributed by atoms with Crippen LogP contribution in [0.5, 0.6) is 0 Å². The number of ketones is 1. The fourth-order valence-corrected chi connectivity index (χ4v) is 2.57. The lowest BCUT2D eigenvalue weighted by Gasteiger charge is -2.18. The molecule has 1 heterocycles. The molecule has 2 aromatic rings. The summed E-state index contributed by atoms with van der Waals surface area (Å²) in [4.78, 5) is 37.5. The highest BCUT2D eigenvalue weighted by molar-refractivity contribution is 6.44. The number of amides is 2. The SMILES string of the molecule is O=C(C(=O)N1C(=O)OC[C@@H]1Cc1ccccc1)c1ccccc1. The molecule has 0 saturated carbocycles. The average molecular weight is 309 g/mol. The summed E-state index contributed by atoms with van der Waals surface area (Å²) in [7, 11) is 0. The molecule has 1 aliphatic rings. The molecule has 1 fully saturated rings. The van der Waals surface area contributed by atoms with Gasteiger partial charge in [-0.2, -0.15) is 0 Å². The number of benzene rings is 2. The Balaban J connectivity index is 1.79. The maximum Gasteiger partial charge on any atom is 0.417 e. The maximum atomic E-state index is 12.4. The first-order valence-corrected chi connectivity index (χ1v) is 7.30. The summed E-state index contributed by atoms with van der Waals surface area (Å²) in [6.45, 7) is 0.0987. The molecule has 2 amide bonds. The lowest BCUT2D eigenvalue weighted by molar-refractivity contribution is -0.124. The molecule has 2 aromatic carbocycles. The standard InChI is InChI=1S/C18H15NO4/c20-16(14-9-5-2-6-10-14)17(21)19-15(12-23-18(19)22)11-13-7-3-1-4-8-13/h1-10,15H,11-12H2/t15-/m0/s1. The van der Waals surface area contributed by atoms with Gasteiger partial charge in [0.05, 0.1) is 6.04 Å². The maximum absolute atomic E-state index is 12.4. The van der Waals surface area contributed by atoms with Crippen LogP contribution in [-0.2, 0) is 16.0 Å². The predicted octanol–water partition coefficient (Wildman–Crippen LogP) is 2.46. The molecule has 5 nitrogen and oxygen atoms in total. The number of ether oxygens (including phenoxy) is 1. The largest absolute Gasteiger partial charge is 0.447 e. The van der Waals surface area contributed by atoms with Crippen LogP contribution in [0.2, 0.25) is 0 Å². The number of carbonyl (C=O) groups is 3. The number of rotatable bonds is 4. The van der Waals surface area contributed by atoms with Crippen molar-refractivity contribution >= 4 is 17.8 Å². The molecule has 1 aliphatic heterocycles. The molecule has 1 atom stereocenters. The second-order valence-electron chi connectivity index (χ2n) is 5.29. The summed E-state index contributed by atoms with van der Waals surface area (Å²) in [5.74, 6) is -1.55. The van der Waals surface area contributed by atoms with Crippen molar-refractivity contribution in [2.24, 2.45) is 0 Å². The van der Waals surface area contributed by atoms with Crippen LogP contribution in [0.15, 0.2) is 60.7 Å². The summed E-state index contributed by atoms with van der Waals surface area (Å²) in [6.07, 6.45) is -0.305. The van der Waals surface area contributed by atoms with E-state index in [1.54, 1.807) is 30.3 Å². The van der Waals surface area contributed by atoms with Gasteiger partial charge in [-0.05, 0) is 12.0 Å². The summed E-state index contributed by atoms with van der Waals surface area (Å²) in [6, 6.07) is 17.2. The van der Waals surface area contributed by atoms with Gasteiger partial charge in [0.15, 0.2) is 0 Å². The van der Waals surface area contributed by atoms with Gasteiger partial charge in [-0.1, -0.05) is 60.7 Å². The highest BCUT2D eigenvalue weighted by atomic mass is 16.6. The van der Waals surface area contributed by atoms with Crippen molar-refractivity contribution in [2.45, 2.75) is 12.5 Å². The molecule has 0 radical (unpaired) electrons. The van der Waals surface area contributed by atoms with Gasteiger partial charge in [-0.3, -0.25) is 9.59 Å². The van der Waals surface area contributed by atoms with E-state index < -0.39 is 23.8 Å². The minimum absolute atomic E-state index is 0.0987. The molecule has 0 unspecified atom stereocenters. The summed E-state index contributed by atoms with van der Waals surface area (Å²) in [5, 5.41) is 0. The highest BCUT2D eigenvalue weighted by Crippen LogP contribution is 2.19. The first kappa shape index (κ1) is 15.0. The van der Waals surface area contributed by atoms with E-state index in [2.05, 4.69) is 0 Å². The van der Waals surface area contributed by atoms with Gasteiger partial charge in [0.2, 0.25) is 0 Å². The molecule has 116 valence electrons. The lowest BCUT2D eigenvalue weighted by atomic mass is 10.0. The Kier molecular flexibility index (Phi) is 4.19. The van der Waals surface area contributed by atoms with Crippen molar-refractivity contribution in [3.8, 4) is 0 Å². The number of carbonyl (C=O) groups excluding carboxylic acids is 3. The van der Waals surface area contributed by atoms with Crippen LogP contribution in [0, 0.1) is 0 Å². The van der Waals surface area contributed by atoms with E-state index >= 15 is 0 Å². The molecule has 0 bridgehead atoms. The zero-order chi connectivity index (χ0) is 16.2. The Morgan fingerprint density at radius 3 is 2.26 bits per heavy atom. The molecule has 5 heteroatoms. The highest BCUT2D eigenvalue weighted by Gasteiger charge is 2.40. The topological polar surface area (TPSA) is 63.7 Å². The van der Waals surface area contributed by atoms with Crippen LogP contribution >= 0.6 is 0 Å². The van der Waals surface area contributed by atoms with Crippen molar-refractivity contribution in [1.82, 2.24) is 4.90 Å². The third-order valence-corrected chi connectivity index (χ3v) is 3.72. The van der Waals surface area contributed by atoms with E-state index in [4.69, 9.17) is 4.74 Å². The second-order valence-corrected chi connectivity index (χ2v) is 5.29. The third kappa shape index (κ3) is 3.13. The van der Waals surface area contributed by atoms with E-state index in [0.717, 1.165) is 10.5 Å². The molecular weight excluding hydrogens is 294 g/mol. The van der Waals surface area contributed by atoms with Crippen LogP contribution in [0.4, 0.5) is 4.79 Å². The van der Waals surface area contributed by atoms with E-state index in [9.17, 15) is 14.4 Å². The molecule has 3 rings (SSSR count). The Labute approximate surface area is 133 Å². The summed E-state index contributed by atoms with van der Waals surface area (Å²) < 4.78 is 4.97. The zero-order valence-corrected chi connectivity index (χ0v) is 12.3.